The molecule has 34 heavy (non-hydrogen) atoms. The van der Waals surface area contributed by atoms with E-state index < -0.39 is 5.97 Å². The van der Waals surface area contributed by atoms with Gasteiger partial charge in [0.1, 0.15) is 6.61 Å². The lowest BCUT2D eigenvalue weighted by atomic mass is 10.1. The molecule has 0 bridgehead atoms. The van der Waals surface area contributed by atoms with Gasteiger partial charge in [0.15, 0.2) is 0 Å². The normalized spacial score (nSPS) is 10.9. The molecule has 0 spiro atoms. The van der Waals surface area contributed by atoms with Gasteiger partial charge in [0.2, 0.25) is 5.91 Å². The molecular formula is C27H27N3O4. The monoisotopic (exact) mass is 457 g/mol. The van der Waals surface area contributed by atoms with Crippen molar-refractivity contribution in [2.75, 3.05) is 37.5 Å². The number of rotatable bonds is 9. The molecule has 7 heteroatoms. The maximum Gasteiger partial charge on any atom is 0.335 e. The molecule has 7 nitrogen and oxygen atoms in total. The number of carboxylic acids is 1. The second-order valence-corrected chi connectivity index (χ2v) is 8.19. The van der Waals surface area contributed by atoms with Crippen LogP contribution in [-0.4, -0.2) is 48.9 Å². The molecule has 2 N–H and O–H groups in total. The maximum atomic E-state index is 12.2. The van der Waals surface area contributed by atoms with Crippen molar-refractivity contribution in [2.45, 2.75) is 6.42 Å². The number of aromatic carboxylic acids is 1. The molecule has 4 rings (SSSR count). The van der Waals surface area contributed by atoms with Gasteiger partial charge in [-0.3, -0.25) is 4.79 Å². The summed E-state index contributed by atoms with van der Waals surface area (Å²) in [5.74, 6) is -1.19. The summed E-state index contributed by atoms with van der Waals surface area (Å²) in [7, 11) is 3.92. The van der Waals surface area contributed by atoms with Crippen LogP contribution in [-0.2, 0) is 16.0 Å². The fourth-order valence-corrected chi connectivity index (χ4v) is 3.82. The molecule has 1 heterocycles. The number of ether oxygens (including phenoxy) is 1. The number of fused-ring (bicyclic) bond motifs is 1. The molecule has 0 aliphatic rings. The van der Waals surface area contributed by atoms with Crippen molar-refractivity contribution in [1.82, 2.24) is 4.57 Å². The molecular weight excluding hydrogens is 430 g/mol. The van der Waals surface area contributed by atoms with E-state index in [2.05, 4.69) is 5.32 Å². The highest BCUT2D eigenvalue weighted by atomic mass is 16.5. The quantitative estimate of drug-likeness (QED) is 0.359. The van der Waals surface area contributed by atoms with Crippen LogP contribution in [0.25, 0.3) is 16.6 Å². The fraction of sp³-hybridized carbons (Fsp3) is 0.185. The highest BCUT2D eigenvalue weighted by Crippen LogP contribution is 2.27. The summed E-state index contributed by atoms with van der Waals surface area (Å²) in [5.41, 5.74) is 4.87. The largest absolute Gasteiger partial charge is 0.478 e. The first-order valence-electron chi connectivity index (χ1n) is 11.0. The average Bonchev–Trinajstić information content (AvgIpc) is 3.20. The van der Waals surface area contributed by atoms with E-state index in [4.69, 9.17) is 4.74 Å². The lowest BCUT2D eigenvalue weighted by Crippen LogP contribution is -2.19. The Morgan fingerprint density at radius 1 is 1.00 bits per heavy atom. The number of anilines is 2. The summed E-state index contributed by atoms with van der Waals surface area (Å²) in [6.07, 6.45) is 2.55. The molecule has 3 aromatic carbocycles. The van der Waals surface area contributed by atoms with E-state index >= 15 is 0 Å². The molecule has 0 saturated heterocycles. The molecule has 0 aliphatic heterocycles. The third-order valence-electron chi connectivity index (χ3n) is 5.58. The Bertz CT molecular complexity index is 1290. The second-order valence-electron chi connectivity index (χ2n) is 8.19. The van der Waals surface area contributed by atoms with E-state index in [0.717, 1.165) is 27.8 Å². The van der Waals surface area contributed by atoms with Crippen molar-refractivity contribution in [3.63, 3.8) is 0 Å². The minimum atomic E-state index is -0.966. The average molecular weight is 458 g/mol. The number of hydrogen-bond acceptors (Lipinski definition) is 4. The number of carbonyl (C=O) groups excluding carboxylic acids is 1. The van der Waals surface area contributed by atoms with E-state index in [1.54, 1.807) is 12.1 Å². The topological polar surface area (TPSA) is 83.8 Å². The molecule has 1 aromatic heterocycles. The Morgan fingerprint density at radius 3 is 2.41 bits per heavy atom. The maximum absolute atomic E-state index is 12.2. The molecule has 174 valence electrons. The van der Waals surface area contributed by atoms with E-state index in [1.807, 2.05) is 90.4 Å². The minimum absolute atomic E-state index is 0.0624. The van der Waals surface area contributed by atoms with Gasteiger partial charge in [-0.2, -0.15) is 0 Å². The first-order chi connectivity index (χ1) is 16.4. The summed E-state index contributed by atoms with van der Waals surface area (Å²) in [6.45, 7) is 0.269. The Kier molecular flexibility index (Phi) is 6.94. The fourth-order valence-electron chi connectivity index (χ4n) is 3.82. The lowest BCUT2D eigenvalue weighted by Gasteiger charge is -2.13. The first-order valence-corrected chi connectivity index (χ1v) is 11.0. The predicted octanol–water partition coefficient (Wildman–Crippen LogP) is 4.59. The van der Waals surface area contributed by atoms with Crippen molar-refractivity contribution >= 4 is 34.2 Å². The Morgan fingerprint density at radius 2 is 1.74 bits per heavy atom. The third-order valence-corrected chi connectivity index (χ3v) is 5.58. The van der Waals surface area contributed by atoms with Gasteiger partial charge in [0, 0.05) is 42.7 Å². The molecule has 0 unspecified atom stereocenters. The molecule has 0 atom stereocenters. The van der Waals surface area contributed by atoms with Crippen molar-refractivity contribution in [3.05, 3.63) is 90.1 Å². The summed E-state index contributed by atoms with van der Waals surface area (Å²) < 4.78 is 7.67. The SMILES string of the molecule is CN(C)c1ccc(NC(=O)COCCc2cn(-c3ccccc3)c3ccc(C(=O)O)cc23)cc1. The van der Waals surface area contributed by atoms with E-state index in [9.17, 15) is 14.7 Å². The minimum Gasteiger partial charge on any atom is -0.478 e. The van der Waals surface area contributed by atoms with Crippen LogP contribution in [0.4, 0.5) is 11.4 Å². The zero-order valence-electron chi connectivity index (χ0n) is 19.2. The number of hydrogen-bond donors (Lipinski definition) is 2. The predicted molar refractivity (Wildman–Crippen MR) is 134 cm³/mol. The number of para-hydroxylation sites is 1. The van der Waals surface area contributed by atoms with Crippen LogP contribution < -0.4 is 10.2 Å². The molecule has 0 aliphatic carbocycles. The number of carboxylic acid groups (broad SMARTS) is 1. The molecule has 0 fully saturated rings. The summed E-state index contributed by atoms with van der Waals surface area (Å²) in [4.78, 5) is 25.7. The zero-order valence-corrected chi connectivity index (χ0v) is 19.2. The Labute approximate surface area is 198 Å². The summed E-state index contributed by atoms with van der Waals surface area (Å²) in [5, 5.41) is 13.1. The van der Waals surface area contributed by atoms with Crippen LogP contribution in [0.1, 0.15) is 15.9 Å². The van der Waals surface area contributed by atoms with Gasteiger partial charge in [-0.05, 0) is 66.6 Å². The second kappa shape index (κ2) is 10.2. The first kappa shape index (κ1) is 23.1. The van der Waals surface area contributed by atoms with Gasteiger partial charge in [0.25, 0.3) is 0 Å². The van der Waals surface area contributed by atoms with Gasteiger partial charge in [-0.15, -0.1) is 0 Å². The van der Waals surface area contributed by atoms with Gasteiger partial charge < -0.3 is 24.6 Å². The van der Waals surface area contributed by atoms with Crippen LogP contribution in [0.2, 0.25) is 0 Å². The molecule has 0 radical (unpaired) electrons. The van der Waals surface area contributed by atoms with Gasteiger partial charge >= 0.3 is 5.97 Å². The lowest BCUT2D eigenvalue weighted by molar-refractivity contribution is -0.120. The number of carbonyl (C=O) groups is 2. The number of nitrogens with zero attached hydrogens (tertiary/aromatic N) is 2. The number of aromatic nitrogens is 1. The number of nitrogens with one attached hydrogen (secondary N) is 1. The summed E-state index contributed by atoms with van der Waals surface area (Å²) in [6, 6.07) is 22.6. The highest BCUT2D eigenvalue weighted by molar-refractivity contribution is 5.95. The van der Waals surface area contributed by atoms with E-state index in [1.165, 1.54) is 0 Å². The van der Waals surface area contributed by atoms with Crippen LogP contribution in [0, 0.1) is 0 Å². The molecule has 0 saturated carbocycles. The van der Waals surface area contributed by atoms with E-state index in [0.29, 0.717) is 18.7 Å². The van der Waals surface area contributed by atoms with Gasteiger partial charge in [0.05, 0.1) is 17.7 Å². The third kappa shape index (κ3) is 5.27. The van der Waals surface area contributed by atoms with Crippen LogP contribution in [0.15, 0.2) is 79.0 Å². The van der Waals surface area contributed by atoms with E-state index in [-0.39, 0.29) is 18.1 Å². The Hall–Kier alpha value is -4.10. The van der Waals surface area contributed by atoms with Crippen LogP contribution in [0.3, 0.4) is 0 Å². The van der Waals surface area contributed by atoms with Gasteiger partial charge in [-0.25, -0.2) is 4.79 Å². The molecule has 1 amide bonds. The van der Waals surface area contributed by atoms with Crippen molar-refractivity contribution in [1.29, 1.82) is 0 Å². The highest BCUT2D eigenvalue weighted by Gasteiger charge is 2.13. The standard InChI is InChI=1S/C27H27N3O4/c1-29(2)22-11-9-21(10-12-22)28-26(31)18-34-15-14-20-17-30(23-6-4-3-5-7-23)25-13-8-19(27(32)33)16-24(20)25/h3-13,16-17H,14-15,18H2,1-2H3,(H,28,31)(H,32,33). The number of amides is 1. The summed E-state index contributed by atoms with van der Waals surface area (Å²) >= 11 is 0. The van der Waals surface area contributed by atoms with Crippen LogP contribution in [0.5, 0.6) is 0 Å². The number of benzene rings is 3. The Balaban J connectivity index is 1.42. The van der Waals surface area contributed by atoms with Crippen molar-refractivity contribution in [2.24, 2.45) is 0 Å². The van der Waals surface area contributed by atoms with Crippen molar-refractivity contribution in [3.8, 4) is 5.69 Å². The molecule has 4 aromatic rings. The van der Waals surface area contributed by atoms with Crippen LogP contribution >= 0.6 is 0 Å². The van der Waals surface area contributed by atoms with Crippen molar-refractivity contribution < 1.29 is 19.4 Å². The van der Waals surface area contributed by atoms with Gasteiger partial charge in [-0.1, -0.05) is 18.2 Å². The zero-order chi connectivity index (χ0) is 24.1. The smallest absolute Gasteiger partial charge is 0.335 e.